The van der Waals surface area contributed by atoms with Gasteiger partial charge < -0.3 is 14.2 Å². The molecule has 3 heteroatoms. The summed E-state index contributed by atoms with van der Waals surface area (Å²) in [6.45, 7) is 9.83. The molecule has 21 heavy (non-hydrogen) atoms. The van der Waals surface area contributed by atoms with Crippen molar-refractivity contribution in [2.45, 2.75) is 78.1 Å². The fraction of sp³-hybridized carbons (Fsp3) is 1.00. The van der Waals surface area contributed by atoms with E-state index in [0.717, 1.165) is 52.5 Å². The van der Waals surface area contributed by atoms with E-state index >= 15 is 0 Å². The maximum atomic E-state index is 5.66. The Balaban J connectivity index is 2.90. The van der Waals surface area contributed by atoms with E-state index in [1.54, 1.807) is 0 Å². The van der Waals surface area contributed by atoms with E-state index in [1.165, 1.54) is 51.4 Å². The van der Waals surface area contributed by atoms with Crippen LogP contribution in [0.2, 0.25) is 0 Å². The van der Waals surface area contributed by atoms with E-state index in [4.69, 9.17) is 14.2 Å². The van der Waals surface area contributed by atoms with Gasteiger partial charge in [-0.15, -0.1) is 0 Å². The summed E-state index contributed by atoms with van der Waals surface area (Å²) in [5.41, 5.74) is 0. The second-order valence-electron chi connectivity index (χ2n) is 5.67. The number of unbranched alkanes of at least 4 members (excludes halogenated alkanes) is 6. The molecule has 0 aromatic heterocycles. The summed E-state index contributed by atoms with van der Waals surface area (Å²) >= 11 is 0. The van der Waals surface area contributed by atoms with Crippen LogP contribution in [0, 0.1) is 0 Å². The molecule has 0 aliphatic rings. The van der Waals surface area contributed by atoms with Crippen molar-refractivity contribution in [2.75, 3.05) is 39.6 Å². The Morgan fingerprint density at radius 2 is 0.667 bits per heavy atom. The van der Waals surface area contributed by atoms with Crippen LogP contribution < -0.4 is 0 Å². The van der Waals surface area contributed by atoms with Crippen LogP contribution >= 0.6 is 0 Å². The van der Waals surface area contributed by atoms with Gasteiger partial charge in [0.05, 0.1) is 0 Å². The minimum atomic E-state index is 0.911. The van der Waals surface area contributed by atoms with Crippen LogP contribution in [0.15, 0.2) is 0 Å². The van der Waals surface area contributed by atoms with Crippen molar-refractivity contribution < 1.29 is 14.2 Å². The Bertz CT molecular complexity index is 156. The average Bonchev–Trinajstić information content (AvgIpc) is 2.50. The monoisotopic (exact) mass is 302 g/mol. The normalized spacial score (nSPS) is 11.1. The molecule has 0 atom stereocenters. The van der Waals surface area contributed by atoms with Gasteiger partial charge in [0.25, 0.3) is 0 Å². The maximum absolute atomic E-state index is 5.66. The summed E-state index contributed by atoms with van der Waals surface area (Å²) in [5.74, 6) is 0. The lowest BCUT2D eigenvalue weighted by Gasteiger charge is -2.05. The van der Waals surface area contributed by atoms with Gasteiger partial charge in [-0.25, -0.2) is 0 Å². The molecular formula is C18H38O3. The Labute approximate surface area is 132 Å². The highest BCUT2D eigenvalue weighted by Gasteiger charge is 1.94. The molecule has 0 N–H and O–H groups in total. The van der Waals surface area contributed by atoms with Crippen molar-refractivity contribution in [3.05, 3.63) is 0 Å². The molecule has 0 heterocycles. The van der Waals surface area contributed by atoms with E-state index in [-0.39, 0.29) is 0 Å². The molecule has 0 aromatic carbocycles. The second-order valence-corrected chi connectivity index (χ2v) is 5.67. The molecule has 3 nitrogen and oxygen atoms in total. The molecule has 0 unspecified atom stereocenters. The predicted molar refractivity (Wildman–Crippen MR) is 90.0 cm³/mol. The van der Waals surface area contributed by atoms with Gasteiger partial charge in [-0.1, -0.05) is 39.5 Å². The average molecular weight is 302 g/mol. The maximum Gasteiger partial charge on any atom is 0.0466 e. The van der Waals surface area contributed by atoms with Crippen molar-refractivity contribution >= 4 is 0 Å². The van der Waals surface area contributed by atoms with Crippen molar-refractivity contribution in [1.82, 2.24) is 0 Å². The Morgan fingerprint density at radius 1 is 0.381 bits per heavy atom. The van der Waals surface area contributed by atoms with Crippen LogP contribution in [0.4, 0.5) is 0 Å². The fourth-order valence-electron chi connectivity index (χ4n) is 2.12. The zero-order chi connectivity index (χ0) is 15.4. The van der Waals surface area contributed by atoms with Gasteiger partial charge in [0.2, 0.25) is 0 Å². The zero-order valence-corrected chi connectivity index (χ0v) is 14.5. The third-order valence-corrected chi connectivity index (χ3v) is 3.35. The molecule has 0 aliphatic heterocycles. The van der Waals surface area contributed by atoms with Gasteiger partial charge in [0.15, 0.2) is 0 Å². The van der Waals surface area contributed by atoms with E-state index in [0.29, 0.717) is 0 Å². The van der Waals surface area contributed by atoms with Crippen molar-refractivity contribution in [1.29, 1.82) is 0 Å². The van der Waals surface area contributed by atoms with Gasteiger partial charge >= 0.3 is 0 Å². The minimum Gasteiger partial charge on any atom is -0.381 e. The highest BCUT2D eigenvalue weighted by molar-refractivity contribution is 4.45. The molecule has 0 fully saturated rings. The molecule has 0 saturated carbocycles. The van der Waals surface area contributed by atoms with Gasteiger partial charge in [-0.05, 0) is 38.5 Å². The first-order valence-electron chi connectivity index (χ1n) is 9.15. The first kappa shape index (κ1) is 20.9. The van der Waals surface area contributed by atoms with Crippen molar-refractivity contribution in [3.63, 3.8) is 0 Å². The number of hydrogen-bond donors (Lipinski definition) is 0. The first-order chi connectivity index (χ1) is 10.4. The third-order valence-electron chi connectivity index (χ3n) is 3.35. The topological polar surface area (TPSA) is 27.7 Å². The SMILES string of the molecule is CCCOCCCCCCOCCCCCCOCCC. The van der Waals surface area contributed by atoms with Crippen molar-refractivity contribution in [2.24, 2.45) is 0 Å². The summed E-state index contributed by atoms with van der Waals surface area (Å²) < 4.78 is 16.6. The molecule has 0 aliphatic carbocycles. The lowest BCUT2D eigenvalue weighted by atomic mass is 10.2. The smallest absolute Gasteiger partial charge is 0.0466 e. The fourth-order valence-corrected chi connectivity index (χ4v) is 2.12. The number of hydrogen-bond acceptors (Lipinski definition) is 3. The molecule has 0 rings (SSSR count). The second kappa shape index (κ2) is 19.9. The predicted octanol–water partition coefficient (Wildman–Crippen LogP) is 4.98. The third kappa shape index (κ3) is 19.9. The molecule has 0 amide bonds. The van der Waals surface area contributed by atoms with E-state index in [1.807, 2.05) is 0 Å². The van der Waals surface area contributed by atoms with Gasteiger partial charge in [0, 0.05) is 39.6 Å². The number of ether oxygens (including phenoxy) is 3. The van der Waals surface area contributed by atoms with Crippen molar-refractivity contribution in [3.8, 4) is 0 Å². The molecule has 0 bridgehead atoms. The molecule has 0 saturated heterocycles. The molecule has 128 valence electrons. The van der Waals surface area contributed by atoms with Gasteiger partial charge in [-0.2, -0.15) is 0 Å². The summed E-state index contributed by atoms with van der Waals surface area (Å²) in [5, 5.41) is 0. The van der Waals surface area contributed by atoms with E-state index < -0.39 is 0 Å². The lowest BCUT2D eigenvalue weighted by molar-refractivity contribution is 0.116. The van der Waals surface area contributed by atoms with Crippen LogP contribution in [0.3, 0.4) is 0 Å². The Morgan fingerprint density at radius 3 is 0.952 bits per heavy atom. The van der Waals surface area contributed by atoms with Gasteiger partial charge in [0.1, 0.15) is 0 Å². The highest BCUT2D eigenvalue weighted by atomic mass is 16.5. The minimum absolute atomic E-state index is 0.911. The lowest BCUT2D eigenvalue weighted by Crippen LogP contribution is -1.99. The Hall–Kier alpha value is -0.120. The zero-order valence-electron chi connectivity index (χ0n) is 14.5. The summed E-state index contributed by atoms with van der Waals surface area (Å²) in [4.78, 5) is 0. The molecule has 0 aromatic rings. The largest absolute Gasteiger partial charge is 0.381 e. The van der Waals surface area contributed by atoms with E-state index in [9.17, 15) is 0 Å². The summed E-state index contributed by atoms with van der Waals surface area (Å²) in [6, 6.07) is 0. The quantitative estimate of drug-likeness (QED) is 0.334. The number of rotatable bonds is 18. The van der Waals surface area contributed by atoms with Gasteiger partial charge in [-0.3, -0.25) is 0 Å². The van der Waals surface area contributed by atoms with Crippen LogP contribution in [-0.2, 0) is 14.2 Å². The van der Waals surface area contributed by atoms with Crippen LogP contribution in [0.25, 0.3) is 0 Å². The molecule has 0 spiro atoms. The highest BCUT2D eigenvalue weighted by Crippen LogP contribution is 2.03. The summed E-state index contributed by atoms with van der Waals surface area (Å²) in [6.07, 6.45) is 12.1. The molecule has 0 radical (unpaired) electrons. The van der Waals surface area contributed by atoms with Crippen LogP contribution in [0.5, 0.6) is 0 Å². The summed E-state index contributed by atoms with van der Waals surface area (Å²) in [7, 11) is 0. The Kier molecular flexibility index (Phi) is 19.8. The molecular weight excluding hydrogens is 264 g/mol. The standard InChI is InChI=1S/C18H38O3/c1-3-13-19-15-9-5-7-11-17-21-18-12-8-6-10-16-20-14-4-2/h3-18H2,1-2H3. The van der Waals surface area contributed by atoms with Crippen LogP contribution in [0.1, 0.15) is 78.1 Å². The first-order valence-corrected chi connectivity index (χ1v) is 9.15. The van der Waals surface area contributed by atoms with Crippen LogP contribution in [-0.4, -0.2) is 39.6 Å². The van der Waals surface area contributed by atoms with E-state index in [2.05, 4.69) is 13.8 Å².